The van der Waals surface area contributed by atoms with Crippen molar-refractivity contribution in [3.05, 3.63) is 82.7 Å². The highest BCUT2D eigenvalue weighted by Crippen LogP contribution is 2.29. The first-order valence-corrected chi connectivity index (χ1v) is 12.8. The Balaban J connectivity index is 1.54. The first-order valence-electron chi connectivity index (χ1n) is 11.3. The second-order valence-electron chi connectivity index (χ2n) is 8.80. The molecule has 0 amide bonds. The molecule has 184 valence electrons. The molecule has 3 aromatic rings. The topological polar surface area (TPSA) is 90.0 Å². The highest BCUT2D eigenvalue weighted by atomic mass is 32.2. The molecule has 9 heteroatoms. The Hall–Kier alpha value is -3.59. The van der Waals surface area contributed by atoms with Gasteiger partial charge in [-0.3, -0.25) is 4.72 Å². The molecule has 1 heterocycles. The number of anilines is 3. The van der Waals surface area contributed by atoms with Crippen LogP contribution in [0.4, 0.5) is 21.5 Å². The van der Waals surface area contributed by atoms with E-state index in [-0.39, 0.29) is 22.0 Å². The number of hydrogen-bond donors (Lipinski definition) is 2. The van der Waals surface area contributed by atoms with Gasteiger partial charge in [0.25, 0.3) is 10.0 Å². The Morgan fingerprint density at radius 3 is 2.09 bits per heavy atom. The third-order valence-electron chi connectivity index (χ3n) is 6.37. The lowest BCUT2D eigenvalue weighted by Crippen LogP contribution is -2.47. The zero-order valence-corrected chi connectivity index (χ0v) is 20.7. The lowest BCUT2D eigenvalue weighted by molar-refractivity contribution is 0.0697. The Labute approximate surface area is 204 Å². The van der Waals surface area contributed by atoms with Crippen LogP contribution < -0.4 is 14.5 Å². The van der Waals surface area contributed by atoms with Gasteiger partial charge in [-0.2, -0.15) is 0 Å². The number of piperazine rings is 1. The van der Waals surface area contributed by atoms with Crippen LogP contribution in [0.1, 0.15) is 27.0 Å². The van der Waals surface area contributed by atoms with Crippen molar-refractivity contribution in [3.8, 4) is 0 Å². The van der Waals surface area contributed by atoms with Crippen LogP contribution in [-0.2, 0) is 10.0 Å². The normalized spacial score (nSPS) is 14.2. The monoisotopic (exact) mass is 497 g/mol. The molecular weight excluding hydrogens is 469 g/mol. The zero-order valence-electron chi connectivity index (χ0n) is 19.9. The number of nitrogens with one attached hydrogen (secondary N) is 1. The van der Waals surface area contributed by atoms with Gasteiger partial charge in [-0.05, 0) is 86.0 Å². The molecule has 0 saturated carbocycles. The van der Waals surface area contributed by atoms with Crippen molar-refractivity contribution in [2.45, 2.75) is 25.7 Å². The third kappa shape index (κ3) is 5.24. The number of carboxylic acid groups (broad SMARTS) is 1. The fraction of sp³-hybridized carbons (Fsp3) is 0.269. The summed E-state index contributed by atoms with van der Waals surface area (Å²) in [7, 11) is -3.89. The molecule has 2 N–H and O–H groups in total. The van der Waals surface area contributed by atoms with E-state index in [9.17, 15) is 22.7 Å². The first-order chi connectivity index (χ1) is 16.5. The predicted octanol–water partition coefficient (Wildman–Crippen LogP) is 4.58. The highest BCUT2D eigenvalue weighted by molar-refractivity contribution is 7.92. The number of benzene rings is 3. The highest BCUT2D eigenvalue weighted by Gasteiger charge is 2.24. The van der Waals surface area contributed by atoms with Crippen LogP contribution in [0.2, 0.25) is 0 Å². The molecule has 0 aromatic heterocycles. The maximum atomic E-state index is 13.2. The fourth-order valence-corrected chi connectivity index (χ4v) is 5.70. The van der Waals surface area contributed by atoms with E-state index >= 15 is 0 Å². The lowest BCUT2D eigenvalue weighted by atomic mass is 10.1. The third-order valence-corrected chi connectivity index (χ3v) is 7.90. The Morgan fingerprint density at radius 1 is 0.857 bits per heavy atom. The Morgan fingerprint density at radius 2 is 1.46 bits per heavy atom. The van der Waals surface area contributed by atoms with Crippen molar-refractivity contribution in [2.24, 2.45) is 0 Å². The van der Waals surface area contributed by atoms with E-state index in [0.29, 0.717) is 37.4 Å². The van der Waals surface area contributed by atoms with E-state index in [1.165, 1.54) is 18.2 Å². The SMILES string of the molecule is Cc1cc(C)c(S(=O)(=O)Nc2ccc(N3CCN(c4ccc(F)cc4)CC3)c(C(=O)O)c2)cc1C. The number of aryl methyl sites for hydroxylation is 3. The van der Waals surface area contributed by atoms with Gasteiger partial charge in [0.1, 0.15) is 5.82 Å². The van der Waals surface area contributed by atoms with Crippen LogP contribution in [0.3, 0.4) is 0 Å². The van der Waals surface area contributed by atoms with Gasteiger partial charge in [0.2, 0.25) is 0 Å². The maximum absolute atomic E-state index is 13.2. The number of carboxylic acids is 1. The van der Waals surface area contributed by atoms with Gasteiger partial charge in [0.05, 0.1) is 16.1 Å². The standard InChI is InChI=1S/C26H28FN3O4S/c1-17-14-19(3)25(15-18(17)2)35(33,34)28-21-6-9-24(23(16-21)26(31)32)30-12-10-29(11-13-30)22-7-4-20(27)5-8-22/h4-9,14-16,28H,10-13H2,1-3H3,(H,31,32). The number of sulfonamides is 1. The van der Waals surface area contributed by atoms with Crippen LogP contribution >= 0.6 is 0 Å². The summed E-state index contributed by atoms with van der Waals surface area (Å²) in [6, 6.07) is 14.3. The molecule has 1 aliphatic heterocycles. The molecule has 0 aliphatic carbocycles. The Kier molecular flexibility index (Phi) is 6.71. The first kappa shape index (κ1) is 24.5. The molecule has 3 aromatic carbocycles. The summed E-state index contributed by atoms with van der Waals surface area (Å²) in [6.45, 7) is 7.94. The quantitative estimate of drug-likeness (QED) is 0.518. The predicted molar refractivity (Wildman–Crippen MR) is 136 cm³/mol. The second-order valence-corrected chi connectivity index (χ2v) is 10.4. The van der Waals surface area contributed by atoms with Crippen molar-refractivity contribution in [2.75, 3.05) is 40.7 Å². The largest absolute Gasteiger partial charge is 0.478 e. The fourth-order valence-electron chi connectivity index (χ4n) is 4.34. The van der Waals surface area contributed by atoms with Gasteiger partial charge in [0, 0.05) is 37.6 Å². The minimum absolute atomic E-state index is 0.0252. The summed E-state index contributed by atoms with van der Waals surface area (Å²) >= 11 is 0. The maximum Gasteiger partial charge on any atom is 0.337 e. The van der Waals surface area contributed by atoms with Crippen molar-refractivity contribution in [3.63, 3.8) is 0 Å². The van der Waals surface area contributed by atoms with E-state index in [4.69, 9.17) is 0 Å². The van der Waals surface area contributed by atoms with Crippen LogP contribution in [0.15, 0.2) is 59.5 Å². The van der Waals surface area contributed by atoms with E-state index < -0.39 is 16.0 Å². The van der Waals surface area contributed by atoms with Gasteiger partial charge in [0.15, 0.2) is 0 Å². The molecule has 35 heavy (non-hydrogen) atoms. The lowest BCUT2D eigenvalue weighted by Gasteiger charge is -2.38. The number of nitrogens with zero attached hydrogens (tertiary/aromatic N) is 2. The molecule has 1 fully saturated rings. The molecule has 0 unspecified atom stereocenters. The summed E-state index contributed by atoms with van der Waals surface area (Å²) < 4.78 is 41.8. The van der Waals surface area contributed by atoms with E-state index in [1.54, 1.807) is 37.3 Å². The molecule has 0 atom stereocenters. The van der Waals surface area contributed by atoms with Crippen molar-refractivity contribution in [1.29, 1.82) is 0 Å². The number of hydrogen-bond acceptors (Lipinski definition) is 5. The zero-order chi connectivity index (χ0) is 25.3. The average Bonchev–Trinajstić information content (AvgIpc) is 2.81. The van der Waals surface area contributed by atoms with Crippen LogP contribution in [0.5, 0.6) is 0 Å². The molecular formula is C26H28FN3O4S. The second kappa shape index (κ2) is 9.58. The van der Waals surface area contributed by atoms with Crippen LogP contribution in [0, 0.1) is 26.6 Å². The average molecular weight is 498 g/mol. The summed E-state index contributed by atoms with van der Waals surface area (Å²) in [6.07, 6.45) is 0. The van der Waals surface area contributed by atoms with Gasteiger partial charge in [-0.1, -0.05) is 6.07 Å². The molecule has 1 aliphatic rings. The van der Waals surface area contributed by atoms with E-state index in [2.05, 4.69) is 9.62 Å². The van der Waals surface area contributed by atoms with Gasteiger partial charge in [-0.15, -0.1) is 0 Å². The summed E-state index contributed by atoms with van der Waals surface area (Å²) in [5.74, 6) is -1.42. The van der Waals surface area contributed by atoms with Gasteiger partial charge in [-0.25, -0.2) is 17.6 Å². The van der Waals surface area contributed by atoms with Gasteiger partial charge < -0.3 is 14.9 Å². The van der Waals surface area contributed by atoms with E-state index in [1.807, 2.05) is 24.8 Å². The van der Waals surface area contributed by atoms with Crippen molar-refractivity contribution >= 4 is 33.1 Å². The smallest absolute Gasteiger partial charge is 0.337 e. The van der Waals surface area contributed by atoms with Crippen LogP contribution in [0.25, 0.3) is 0 Å². The minimum Gasteiger partial charge on any atom is -0.478 e. The molecule has 0 bridgehead atoms. The number of rotatable bonds is 6. The van der Waals surface area contributed by atoms with E-state index in [0.717, 1.165) is 16.8 Å². The molecule has 4 rings (SSSR count). The summed E-state index contributed by atoms with van der Waals surface area (Å²) in [4.78, 5) is 16.3. The summed E-state index contributed by atoms with van der Waals surface area (Å²) in [5.41, 5.74) is 4.13. The van der Waals surface area contributed by atoms with Crippen molar-refractivity contribution < 1.29 is 22.7 Å². The van der Waals surface area contributed by atoms with Crippen LogP contribution in [-0.4, -0.2) is 45.7 Å². The molecule has 7 nitrogen and oxygen atoms in total. The molecule has 0 spiro atoms. The number of aromatic carboxylic acids is 1. The van der Waals surface area contributed by atoms with Crippen molar-refractivity contribution in [1.82, 2.24) is 0 Å². The van der Waals surface area contributed by atoms with Gasteiger partial charge >= 0.3 is 5.97 Å². The summed E-state index contributed by atoms with van der Waals surface area (Å²) in [5, 5.41) is 9.85. The molecule has 1 saturated heterocycles. The minimum atomic E-state index is -3.89. The number of carbonyl (C=O) groups is 1. The molecule has 0 radical (unpaired) electrons. The Bertz CT molecular complexity index is 1370. The number of halogens is 1.